The molecule has 3 unspecified atom stereocenters. The Kier molecular flexibility index (Phi) is 8.07. The summed E-state index contributed by atoms with van der Waals surface area (Å²) in [4.78, 5) is 69.2. The SMILES string of the molecule is CC(Sc1cn[nH]n1)C1=C(C(=O)O)N2C(=O)C(NC(=O)C(NC(=O)n3c(=O)[nH]c4ccccc43)c3ccc(O)c(Cl)c3)[C@@H]2SC1. The number of nitrogens with one attached hydrogen (secondary N) is 4. The number of para-hydroxylation sites is 2. The van der Waals surface area contributed by atoms with Gasteiger partial charge in [0.25, 0.3) is 5.91 Å². The first-order chi connectivity index (χ1) is 21.5. The number of carboxylic acids is 1. The summed E-state index contributed by atoms with van der Waals surface area (Å²) in [7, 11) is 0. The van der Waals surface area contributed by atoms with E-state index in [9.17, 15) is 34.2 Å². The van der Waals surface area contributed by atoms with Gasteiger partial charge in [-0.3, -0.25) is 14.5 Å². The van der Waals surface area contributed by atoms with E-state index in [2.05, 4.69) is 31.0 Å². The molecule has 18 heteroatoms. The minimum atomic E-state index is -1.46. The number of phenolic OH excluding ortho intramolecular Hbond substituents is 1. The number of halogens is 1. The number of imidazole rings is 1. The molecule has 2 aliphatic heterocycles. The number of benzene rings is 2. The first-order valence-corrected chi connectivity index (χ1v) is 15.6. The van der Waals surface area contributed by atoms with Gasteiger partial charge in [-0.2, -0.15) is 10.3 Å². The predicted octanol–water partition coefficient (Wildman–Crippen LogP) is 2.03. The van der Waals surface area contributed by atoms with Crippen LogP contribution in [0.2, 0.25) is 5.02 Å². The van der Waals surface area contributed by atoms with Gasteiger partial charge in [0, 0.05) is 11.0 Å². The first kappa shape index (κ1) is 30.3. The van der Waals surface area contributed by atoms with Crippen molar-refractivity contribution in [2.75, 3.05) is 5.75 Å². The third kappa shape index (κ3) is 5.53. The van der Waals surface area contributed by atoms with Crippen molar-refractivity contribution in [2.45, 2.75) is 34.7 Å². The van der Waals surface area contributed by atoms with E-state index in [4.69, 9.17) is 11.6 Å². The van der Waals surface area contributed by atoms with Crippen LogP contribution < -0.4 is 16.3 Å². The van der Waals surface area contributed by atoms with E-state index in [0.717, 1.165) is 9.47 Å². The third-order valence-electron chi connectivity index (χ3n) is 7.31. The number of thioether (sulfide) groups is 2. The van der Waals surface area contributed by atoms with E-state index >= 15 is 0 Å². The Morgan fingerprint density at radius 1 is 1.20 bits per heavy atom. The molecule has 0 aliphatic carbocycles. The molecular formula is C27H23ClN8O7S2. The summed E-state index contributed by atoms with van der Waals surface area (Å²) in [6.45, 7) is 1.80. The largest absolute Gasteiger partial charge is 0.506 e. The van der Waals surface area contributed by atoms with Crippen molar-refractivity contribution in [2.24, 2.45) is 0 Å². The second-order valence-corrected chi connectivity index (χ2v) is 12.9. The Balaban J connectivity index is 1.26. The van der Waals surface area contributed by atoms with Gasteiger partial charge in [-0.15, -0.1) is 16.9 Å². The Morgan fingerprint density at radius 2 is 1.98 bits per heavy atom. The molecule has 1 saturated heterocycles. The number of aromatic amines is 2. The van der Waals surface area contributed by atoms with E-state index in [-0.39, 0.29) is 38.6 Å². The van der Waals surface area contributed by atoms with Gasteiger partial charge >= 0.3 is 17.7 Å². The van der Waals surface area contributed by atoms with Crippen molar-refractivity contribution in [3.8, 4) is 5.75 Å². The van der Waals surface area contributed by atoms with Crippen molar-refractivity contribution >= 4 is 70.0 Å². The number of hydrogen-bond donors (Lipinski definition) is 6. The second kappa shape index (κ2) is 12.0. The van der Waals surface area contributed by atoms with Crippen molar-refractivity contribution < 1.29 is 29.4 Å². The lowest BCUT2D eigenvalue weighted by Gasteiger charge is -2.50. The quantitative estimate of drug-likeness (QED) is 0.118. The number of fused-ring (bicyclic) bond motifs is 2. The monoisotopic (exact) mass is 670 g/mol. The number of β-lactam (4-membered cyclic amide) rings is 1. The summed E-state index contributed by atoms with van der Waals surface area (Å²) in [6, 6.07) is 6.84. The molecule has 0 saturated carbocycles. The predicted molar refractivity (Wildman–Crippen MR) is 164 cm³/mol. The maximum Gasteiger partial charge on any atom is 0.352 e. The molecule has 3 amide bonds. The number of amides is 3. The van der Waals surface area contributed by atoms with Gasteiger partial charge < -0.3 is 25.8 Å². The van der Waals surface area contributed by atoms with Crippen LogP contribution in [0.4, 0.5) is 4.79 Å². The van der Waals surface area contributed by atoms with Crippen molar-refractivity contribution in [1.29, 1.82) is 0 Å². The Labute approximate surface area is 266 Å². The van der Waals surface area contributed by atoms with Crippen LogP contribution in [0.25, 0.3) is 11.0 Å². The first-order valence-electron chi connectivity index (χ1n) is 13.3. The summed E-state index contributed by atoms with van der Waals surface area (Å²) in [6.07, 6.45) is 1.51. The number of hydrogen-bond acceptors (Lipinski definition) is 10. The zero-order valence-corrected chi connectivity index (χ0v) is 25.4. The highest BCUT2D eigenvalue weighted by atomic mass is 35.5. The van der Waals surface area contributed by atoms with Crippen molar-refractivity contribution in [3.05, 3.63) is 81.0 Å². The Bertz CT molecular complexity index is 1940. The maximum absolute atomic E-state index is 13.7. The fourth-order valence-electron chi connectivity index (χ4n) is 5.14. The highest BCUT2D eigenvalue weighted by molar-refractivity contribution is 8.01. The summed E-state index contributed by atoms with van der Waals surface area (Å²) < 4.78 is 0.828. The molecule has 0 spiro atoms. The Hall–Kier alpha value is -4.74. The number of carboxylic acid groups (broad SMARTS) is 1. The molecule has 0 radical (unpaired) electrons. The van der Waals surface area contributed by atoms with Crippen LogP contribution in [-0.4, -0.2) is 86.3 Å². The number of carbonyl (C=O) groups excluding carboxylic acids is 3. The molecular weight excluding hydrogens is 648 g/mol. The van der Waals surface area contributed by atoms with Gasteiger partial charge in [-0.25, -0.2) is 19.0 Å². The second-order valence-electron chi connectivity index (χ2n) is 10.0. The highest BCUT2D eigenvalue weighted by Gasteiger charge is 2.55. The summed E-state index contributed by atoms with van der Waals surface area (Å²) >= 11 is 8.67. The van der Waals surface area contributed by atoms with Crippen LogP contribution in [0, 0.1) is 0 Å². The molecule has 6 N–H and O–H groups in total. The smallest absolute Gasteiger partial charge is 0.352 e. The number of aliphatic carboxylic acids is 1. The van der Waals surface area contributed by atoms with Gasteiger partial charge in [0.2, 0.25) is 5.91 Å². The maximum atomic E-state index is 13.7. The molecule has 2 aromatic heterocycles. The topological polar surface area (TPSA) is 215 Å². The third-order valence-corrected chi connectivity index (χ3v) is 9.99. The average molecular weight is 671 g/mol. The van der Waals surface area contributed by atoms with Gasteiger partial charge in [0.05, 0.1) is 22.3 Å². The molecule has 1 fully saturated rings. The van der Waals surface area contributed by atoms with Crippen LogP contribution in [0.15, 0.2) is 69.8 Å². The molecule has 232 valence electrons. The van der Waals surface area contributed by atoms with Crippen molar-refractivity contribution in [3.63, 3.8) is 0 Å². The normalized spacial score (nSPS) is 19.1. The van der Waals surface area contributed by atoms with Crippen LogP contribution in [0.5, 0.6) is 5.75 Å². The zero-order chi connectivity index (χ0) is 32.0. The average Bonchev–Trinajstić information content (AvgIpc) is 3.65. The van der Waals surface area contributed by atoms with Crippen LogP contribution in [0.3, 0.4) is 0 Å². The molecule has 45 heavy (non-hydrogen) atoms. The lowest BCUT2D eigenvalue weighted by molar-refractivity contribution is -0.151. The molecule has 4 heterocycles. The number of carbonyl (C=O) groups is 4. The Morgan fingerprint density at radius 3 is 2.69 bits per heavy atom. The van der Waals surface area contributed by atoms with E-state index in [1.54, 1.807) is 31.2 Å². The molecule has 2 aliphatic rings. The number of phenols is 1. The lowest BCUT2D eigenvalue weighted by Crippen LogP contribution is -2.71. The van der Waals surface area contributed by atoms with Gasteiger partial charge in [0.1, 0.15) is 33.9 Å². The minimum absolute atomic E-state index is 0.0982. The van der Waals surface area contributed by atoms with Gasteiger partial charge in [-0.1, -0.05) is 41.6 Å². The number of aromatic nitrogens is 5. The molecule has 4 atom stereocenters. The van der Waals surface area contributed by atoms with Crippen molar-refractivity contribution in [1.82, 2.24) is 40.5 Å². The van der Waals surface area contributed by atoms with Gasteiger partial charge in [0.15, 0.2) is 0 Å². The highest BCUT2D eigenvalue weighted by Crippen LogP contribution is 2.43. The van der Waals surface area contributed by atoms with E-state index in [1.807, 2.05) is 0 Å². The van der Waals surface area contributed by atoms with Crippen LogP contribution >= 0.6 is 35.1 Å². The zero-order valence-electron chi connectivity index (χ0n) is 23.1. The van der Waals surface area contributed by atoms with E-state index in [1.165, 1.54) is 47.9 Å². The fourth-order valence-corrected chi connectivity index (χ4v) is 7.81. The molecule has 2 aromatic carbocycles. The lowest BCUT2D eigenvalue weighted by atomic mass is 10.00. The van der Waals surface area contributed by atoms with E-state index < -0.39 is 47.0 Å². The van der Waals surface area contributed by atoms with Gasteiger partial charge in [-0.05, 0) is 42.3 Å². The summed E-state index contributed by atoms with van der Waals surface area (Å²) in [5.41, 5.74) is 0.445. The number of nitrogens with zero attached hydrogens (tertiary/aromatic N) is 4. The number of rotatable bonds is 8. The molecule has 0 bridgehead atoms. The summed E-state index contributed by atoms with van der Waals surface area (Å²) in [5.74, 6) is -2.74. The van der Waals surface area contributed by atoms with Crippen LogP contribution in [0.1, 0.15) is 18.5 Å². The molecule has 6 rings (SSSR count). The van der Waals surface area contributed by atoms with E-state index in [0.29, 0.717) is 16.1 Å². The standard InChI is InChI=1S/C27H23ClN8O7S2/c1-11(45-18-9-29-34-33-18)13-10-44-24-20(23(39)36(24)21(13)25(40)41)31-22(38)19(12-6-7-17(37)14(28)8-12)32-27(43)35-16-5-3-2-4-15(16)30-26(35)42/h2-9,11,19-20,24,37H,10H2,1H3,(H,30,42)(H,31,38)(H,32,43)(H,40,41)(H,29,33,34)/t11?,19?,20?,24-/m0/s1. The fraction of sp³-hybridized carbons (Fsp3) is 0.222. The molecule has 15 nitrogen and oxygen atoms in total. The number of aromatic hydroxyl groups is 1. The summed E-state index contributed by atoms with van der Waals surface area (Å²) in [5, 5.41) is 34.8. The molecule has 4 aromatic rings. The van der Waals surface area contributed by atoms with Crippen LogP contribution in [-0.2, 0) is 14.4 Å². The number of H-pyrrole nitrogens is 2. The minimum Gasteiger partial charge on any atom is -0.506 e.